The van der Waals surface area contributed by atoms with Crippen molar-refractivity contribution in [1.29, 1.82) is 0 Å². The predicted octanol–water partition coefficient (Wildman–Crippen LogP) is 3.72. The molecule has 0 saturated carbocycles. The van der Waals surface area contributed by atoms with Crippen molar-refractivity contribution >= 4 is 23.5 Å². The standard InChI is InChI=1S/C21H21ClN4O2/c1-28-19-4-2-3-15(11-19)9-10-23-20(27)17-13-25-21(26-14-17)24-12-16-5-7-18(22)8-6-16/h2-8,11,13-14H,9-10,12H2,1H3,(H,23,27)(H,24,25,26). The molecule has 0 unspecified atom stereocenters. The maximum Gasteiger partial charge on any atom is 0.254 e. The van der Waals surface area contributed by atoms with E-state index in [1.807, 2.05) is 48.5 Å². The smallest absolute Gasteiger partial charge is 0.254 e. The van der Waals surface area contributed by atoms with E-state index in [4.69, 9.17) is 16.3 Å². The molecule has 2 N–H and O–H groups in total. The highest BCUT2D eigenvalue weighted by Crippen LogP contribution is 2.13. The van der Waals surface area contributed by atoms with Crippen molar-refractivity contribution in [3.05, 3.63) is 82.6 Å². The van der Waals surface area contributed by atoms with Gasteiger partial charge in [-0.1, -0.05) is 35.9 Å². The van der Waals surface area contributed by atoms with E-state index in [1.165, 1.54) is 12.4 Å². The molecule has 0 spiro atoms. The zero-order valence-corrected chi connectivity index (χ0v) is 16.2. The summed E-state index contributed by atoms with van der Waals surface area (Å²) in [5.41, 5.74) is 2.58. The Morgan fingerprint density at radius 2 is 1.82 bits per heavy atom. The van der Waals surface area contributed by atoms with Crippen molar-refractivity contribution in [1.82, 2.24) is 15.3 Å². The first-order valence-electron chi connectivity index (χ1n) is 8.85. The van der Waals surface area contributed by atoms with Gasteiger partial charge in [0.25, 0.3) is 5.91 Å². The van der Waals surface area contributed by atoms with Crippen LogP contribution in [0.5, 0.6) is 5.75 Å². The maximum absolute atomic E-state index is 12.2. The Labute approximate surface area is 168 Å². The van der Waals surface area contributed by atoms with Gasteiger partial charge in [-0.3, -0.25) is 4.79 Å². The second-order valence-electron chi connectivity index (χ2n) is 6.13. The van der Waals surface area contributed by atoms with E-state index in [0.717, 1.165) is 16.9 Å². The van der Waals surface area contributed by atoms with Crippen LogP contribution in [0.1, 0.15) is 21.5 Å². The lowest BCUT2D eigenvalue weighted by Crippen LogP contribution is -2.26. The molecular weight excluding hydrogens is 376 g/mol. The van der Waals surface area contributed by atoms with Crippen LogP contribution in [0.25, 0.3) is 0 Å². The molecule has 2 aromatic carbocycles. The van der Waals surface area contributed by atoms with E-state index in [2.05, 4.69) is 20.6 Å². The number of anilines is 1. The molecule has 144 valence electrons. The van der Waals surface area contributed by atoms with Crippen LogP contribution in [-0.4, -0.2) is 29.5 Å². The molecule has 3 rings (SSSR count). The first-order valence-corrected chi connectivity index (χ1v) is 9.23. The molecule has 1 aromatic heterocycles. The van der Waals surface area contributed by atoms with Gasteiger partial charge in [0.2, 0.25) is 5.95 Å². The van der Waals surface area contributed by atoms with E-state index in [-0.39, 0.29) is 5.91 Å². The van der Waals surface area contributed by atoms with Gasteiger partial charge in [0.1, 0.15) is 5.75 Å². The fourth-order valence-corrected chi connectivity index (χ4v) is 2.70. The predicted molar refractivity (Wildman–Crippen MR) is 110 cm³/mol. The molecule has 0 aliphatic heterocycles. The summed E-state index contributed by atoms with van der Waals surface area (Å²) in [6, 6.07) is 15.3. The Bertz CT molecular complexity index is 914. The summed E-state index contributed by atoms with van der Waals surface area (Å²) < 4.78 is 5.20. The minimum atomic E-state index is -0.202. The molecule has 0 aliphatic rings. The number of benzene rings is 2. The Morgan fingerprint density at radius 1 is 1.07 bits per heavy atom. The van der Waals surface area contributed by atoms with E-state index in [0.29, 0.717) is 36.0 Å². The molecule has 0 aliphatic carbocycles. The zero-order chi connectivity index (χ0) is 19.8. The number of carbonyl (C=O) groups is 1. The van der Waals surface area contributed by atoms with E-state index in [9.17, 15) is 4.79 Å². The first-order chi connectivity index (χ1) is 13.6. The van der Waals surface area contributed by atoms with E-state index >= 15 is 0 Å². The van der Waals surface area contributed by atoms with Gasteiger partial charge in [0, 0.05) is 30.5 Å². The molecule has 7 heteroatoms. The summed E-state index contributed by atoms with van der Waals surface area (Å²) in [7, 11) is 1.63. The highest BCUT2D eigenvalue weighted by Gasteiger charge is 2.07. The molecule has 0 radical (unpaired) electrons. The third-order valence-electron chi connectivity index (χ3n) is 4.11. The van der Waals surface area contributed by atoms with Crippen molar-refractivity contribution in [2.45, 2.75) is 13.0 Å². The number of methoxy groups -OCH3 is 1. The van der Waals surface area contributed by atoms with Crippen LogP contribution < -0.4 is 15.4 Å². The molecule has 1 amide bonds. The van der Waals surface area contributed by atoms with Crippen molar-refractivity contribution in [2.24, 2.45) is 0 Å². The topological polar surface area (TPSA) is 76.1 Å². The van der Waals surface area contributed by atoms with Crippen LogP contribution in [-0.2, 0) is 13.0 Å². The fourth-order valence-electron chi connectivity index (χ4n) is 2.57. The fraction of sp³-hybridized carbons (Fsp3) is 0.190. The van der Waals surface area contributed by atoms with Crippen LogP contribution in [0, 0.1) is 0 Å². The average molecular weight is 397 g/mol. The molecule has 0 fully saturated rings. The largest absolute Gasteiger partial charge is 0.497 e. The SMILES string of the molecule is COc1cccc(CCNC(=O)c2cnc(NCc3ccc(Cl)cc3)nc2)c1. The van der Waals surface area contributed by atoms with Gasteiger partial charge in [-0.2, -0.15) is 0 Å². The van der Waals surface area contributed by atoms with Gasteiger partial charge in [-0.05, 0) is 41.8 Å². The zero-order valence-electron chi connectivity index (χ0n) is 15.5. The third-order valence-corrected chi connectivity index (χ3v) is 4.36. The highest BCUT2D eigenvalue weighted by molar-refractivity contribution is 6.30. The normalized spacial score (nSPS) is 10.4. The number of carbonyl (C=O) groups excluding carboxylic acids is 1. The summed E-state index contributed by atoms with van der Waals surface area (Å²) in [6.45, 7) is 1.09. The van der Waals surface area contributed by atoms with Crippen molar-refractivity contribution < 1.29 is 9.53 Å². The Kier molecular flexibility index (Phi) is 6.81. The first kappa shape index (κ1) is 19.6. The van der Waals surface area contributed by atoms with Gasteiger partial charge < -0.3 is 15.4 Å². The monoisotopic (exact) mass is 396 g/mol. The molecule has 1 heterocycles. The molecule has 0 saturated heterocycles. The van der Waals surface area contributed by atoms with Gasteiger partial charge in [-0.15, -0.1) is 0 Å². The third kappa shape index (κ3) is 5.69. The average Bonchev–Trinajstić information content (AvgIpc) is 2.74. The summed E-state index contributed by atoms with van der Waals surface area (Å²) in [6.07, 6.45) is 3.74. The maximum atomic E-state index is 12.2. The van der Waals surface area contributed by atoms with Crippen LogP contribution in [0.3, 0.4) is 0 Å². The molecule has 3 aromatic rings. The number of amides is 1. The number of nitrogens with one attached hydrogen (secondary N) is 2. The van der Waals surface area contributed by atoms with Gasteiger partial charge in [-0.25, -0.2) is 9.97 Å². The second kappa shape index (κ2) is 9.71. The van der Waals surface area contributed by atoms with Gasteiger partial charge in [0.05, 0.1) is 12.7 Å². The molecule has 28 heavy (non-hydrogen) atoms. The Morgan fingerprint density at radius 3 is 2.54 bits per heavy atom. The molecule has 6 nitrogen and oxygen atoms in total. The number of hydrogen-bond acceptors (Lipinski definition) is 5. The van der Waals surface area contributed by atoms with Crippen LogP contribution >= 0.6 is 11.6 Å². The van der Waals surface area contributed by atoms with Crippen LogP contribution in [0.15, 0.2) is 60.9 Å². The minimum Gasteiger partial charge on any atom is -0.497 e. The number of hydrogen-bond donors (Lipinski definition) is 2. The summed E-state index contributed by atoms with van der Waals surface area (Å²) in [5, 5.41) is 6.68. The van der Waals surface area contributed by atoms with E-state index in [1.54, 1.807) is 7.11 Å². The minimum absolute atomic E-state index is 0.202. The lowest BCUT2D eigenvalue weighted by Gasteiger charge is -2.08. The van der Waals surface area contributed by atoms with Crippen molar-refractivity contribution in [3.63, 3.8) is 0 Å². The van der Waals surface area contributed by atoms with E-state index < -0.39 is 0 Å². The quantitative estimate of drug-likeness (QED) is 0.606. The van der Waals surface area contributed by atoms with Crippen LogP contribution in [0.2, 0.25) is 5.02 Å². The second-order valence-corrected chi connectivity index (χ2v) is 6.57. The number of nitrogens with zero attached hydrogens (tertiary/aromatic N) is 2. The van der Waals surface area contributed by atoms with Crippen molar-refractivity contribution in [2.75, 3.05) is 19.0 Å². The number of aromatic nitrogens is 2. The summed E-state index contributed by atoms with van der Waals surface area (Å²) >= 11 is 5.87. The Balaban J connectivity index is 1.47. The highest BCUT2D eigenvalue weighted by atomic mass is 35.5. The van der Waals surface area contributed by atoms with Gasteiger partial charge in [0.15, 0.2) is 0 Å². The lowest BCUT2D eigenvalue weighted by molar-refractivity contribution is 0.0953. The van der Waals surface area contributed by atoms with Crippen molar-refractivity contribution in [3.8, 4) is 5.75 Å². The lowest BCUT2D eigenvalue weighted by atomic mass is 10.1. The number of rotatable bonds is 8. The number of ether oxygens (including phenoxy) is 1. The van der Waals surface area contributed by atoms with Crippen LogP contribution in [0.4, 0.5) is 5.95 Å². The van der Waals surface area contributed by atoms with Gasteiger partial charge >= 0.3 is 0 Å². The molecular formula is C21H21ClN4O2. The molecule has 0 bridgehead atoms. The summed E-state index contributed by atoms with van der Waals surface area (Å²) in [5.74, 6) is 1.06. The summed E-state index contributed by atoms with van der Waals surface area (Å²) in [4.78, 5) is 20.6. The Hall–Kier alpha value is -3.12. The molecule has 0 atom stereocenters. The number of halogens is 1.